The van der Waals surface area contributed by atoms with Gasteiger partial charge in [-0.2, -0.15) is 0 Å². The van der Waals surface area contributed by atoms with Crippen molar-refractivity contribution in [3.63, 3.8) is 0 Å². The van der Waals surface area contributed by atoms with Crippen LogP contribution >= 0.6 is 31.9 Å². The average molecular weight is 314 g/mol. The van der Waals surface area contributed by atoms with Gasteiger partial charge in [-0.1, -0.05) is 31.9 Å². The summed E-state index contributed by atoms with van der Waals surface area (Å²) in [5.41, 5.74) is 2.10. The first-order valence-corrected chi connectivity index (χ1v) is 5.56. The van der Waals surface area contributed by atoms with E-state index in [9.17, 15) is 0 Å². The quantitative estimate of drug-likeness (QED) is 0.803. The van der Waals surface area contributed by atoms with Crippen LogP contribution in [0.2, 0.25) is 0 Å². The van der Waals surface area contributed by atoms with E-state index >= 15 is 0 Å². The molecule has 0 amide bonds. The van der Waals surface area contributed by atoms with Crippen LogP contribution in [0.3, 0.4) is 0 Å². The van der Waals surface area contributed by atoms with Crippen LogP contribution in [0.4, 0.5) is 0 Å². The minimum absolute atomic E-state index is 1.01. The topological polar surface area (TPSA) is 25.8 Å². The van der Waals surface area contributed by atoms with Gasteiger partial charge in [0.2, 0.25) is 0 Å². The molecule has 70 valence electrons. The van der Waals surface area contributed by atoms with E-state index in [-0.39, 0.29) is 0 Å². The smallest absolute Gasteiger partial charge is 0.115 e. The Bertz CT molecular complexity index is 423. The minimum atomic E-state index is 1.01. The molecule has 0 bridgehead atoms. The number of benzene rings is 1. The van der Waals surface area contributed by atoms with Crippen molar-refractivity contribution in [2.24, 2.45) is 0 Å². The van der Waals surface area contributed by atoms with E-state index in [1.54, 1.807) is 12.4 Å². The lowest BCUT2D eigenvalue weighted by Gasteiger charge is -2.01. The summed E-state index contributed by atoms with van der Waals surface area (Å²) in [6.45, 7) is 0. The summed E-state index contributed by atoms with van der Waals surface area (Å²) >= 11 is 6.88. The zero-order chi connectivity index (χ0) is 9.97. The van der Waals surface area contributed by atoms with Crippen LogP contribution in [0.15, 0.2) is 45.9 Å². The predicted octanol–water partition coefficient (Wildman–Crippen LogP) is 3.67. The molecule has 0 aliphatic carbocycles. The number of halogens is 2. The van der Waals surface area contributed by atoms with Gasteiger partial charge in [-0.05, 0) is 23.8 Å². The van der Waals surface area contributed by atoms with E-state index in [0.29, 0.717) is 0 Å². The molecular weight excluding hydrogens is 308 g/mol. The third kappa shape index (κ3) is 2.19. The Hall–Kier alpha value is -0.740. The highest BCUT2D eigenvalue weighted by molar-refractivity contribution is 9.11. The SMILES string of the molecule is Brc1cc(Br)cc(-c2cncnc2)c1. The summed E-state index contributed by atoms with van der Waals surface area (Å²) in [7, 11) is 0. The molecule has 1 aromatic heterocycles. The first kappa shape index (κ1) is 9.80. The second kappa shape index (κ2) is 4.19. The number of aromatic nitrogens is 2. The standard InChI is InChI=1S/C10H6Br2N2/c11-9-1-7(2-10(12)3-9)8-4-13-6-14-5-8/h1-6H. The Kier molecular flexibility index (Phi) is 2.93. The minimum Gasteiger partial charge on any atom is -0.244 e. The number of rotatable bonds is 1. The Morgan fingerprint density at radius 1 is 0.786 bits per heavy atom. The van der Waals surface area contributed by atoms with Crippen LogP contribution in [-0.4, -0.2) is 9.97 Å². The van der Waals surface area contributed by atoms with Gasteiger partial charge in [0.15, 0.2) is 0 Å². The van der Waals surface area contributed by atoms with Gasteiger partial charge in [-0.3, -0.25) is 0 Å². The molecule has 0 spiro atoms. The third-order valence-corrected chi connectivity index (χ3v) is 2.67. The molecule has 0 radical (unpaired) electrons. The number of nitrogens with zero attached hydrogens (tertiary/aromatic N) is 2. The first-order chi connectivity index (χ1) is 6.75. The average Bonchev–Trinajstić information content (AvgIpc) is 2.18. The van der Waals surface area contributed by atoms with E-state index in [1.165, 1.54) is 6.33 Å². The van der Waals surface area contributed by atoms with Crippen LogP contribution in [0, 0.1) is 0 Å². The molecule has 0 aliphatic heterocycles. The van der Waals surface area contributed by atoms with Gasteiger partial charge < -0.3 is 0 Å². The van der Waals surface area contributed by atoms with Crippen LogP contribution in [0.5, 0.6) is 0 Å². The summed E-state index contributed by atoms with van der Waals surface area (Å²) in [4.78, 5) is 7.96. The van der Waals surface area contributed by atoms with Gasteiger partial charge in [0.05, 0.1) is 0 Å². The van der Waals surface area contributed by atoms with Crippen molar-refractivity contribution in [2.75, 3.05) is 0 Å². The maximum absolute atomic E-state index is 3.98. The fraction of sp³-hybridized carbons (Fsp3) is 0. The molecule has 1 aromatic carbocycles. The Morgan fingerprint density at radius 2 is 1.36 bits per heavy atom. The maximum Gasteiger partial charge on any atom is 0.115 e. The molecule has 0 N–H and O–H groups in total. The Labute approximate surface area is 98.7 Å². The lowest BCUT2D eigenvalue weighted by Crippen LogP contribution is -1.82. The molecule has 4 heteroatoms. The molecule has 0 saturated heterocycles. The predicted molar refractivity (Wildman–Crippen MR) is 62.9 cm³/mol. The van der Waals surface area contributed by atoms with Gasteiger partial charge in [0.1, 0.15) is 6.33 Å². The lowest BCUT2D eigenvalue weighted by molar-refractivity contribution is 1.17. The highest BCUT2D eigenvalue weighted by Crippen LogP contribution is 2.26. The number of hydrogen-bond donors (Lipinski definition) is 0. The second-order valence-electron chi connectivity index (χ2n) is 2.79. The summed E-state index contributed by atoms with van der Waals surface area (Å²) in [5, 5.41) is 0. The van der Waals surface area contributed by atoms with Crippen molar-refractivity contribution in [1.29, 1.82) is 0 Å². The van der Waals surface area contributed by atoms with Crippen LogP contribution in [-0.2, 0) is 0 Å². The zero-order valence-corrected chi connectivity index (χ0v) is 10.3. The highest BCUT2D eigenvalue weighted by Gasteiger charge is 2.00. The summed E-state index contributed by atoms with van der Waals surface area (Å²) in [6.07, 6.45) is 5.11. The van der Waals surface area contributed by atoms with Crippen LogP contribution < -0.4 is 0 Å². The third-order valence-electron chi connectivity index (χ3n) is 1.76. The molecule has 2 rings (SSSR count). The molecule has 1 heterocycles. The Morgan fingerprint density at radius 3 is 1.93 bits per heavy atom. The van der Waals surface area contributed by atoms with Gasteiger partial charge in [0, 0.05) is 26.9 Å². The lowest BCUT2D eigenvalue weighted by atomic mass is 10.1. The molecule has 2 nitrogen and oxygen atoms in total. The second-order valence-corrected chi connectivity index (χ2v) is 4.62. The fourth-order valence-electron chi connectivity index (χ4n) is 1.17. The van der Waals surface area contributed by atoms with Crippen molar-refractivity contribution in [3.05, 3.63) is 45.9 Å². The van der Waals surface area contributed by atoms with Crippen LogP contribution in [0.1, 0.15) is 0 Å². The van der Waals surface area contributed by atoms with Crippen molar-refractivity contribution in [2.45, 2.75) is 0 Å². The van der Waals surface area contributed by atoms with Crippen molar-refractivity contribution in [1.82, 2.24) is 9.97 Å². The van der Waals surface area contributed by atoms with Crippen molar-refractivity contribution in [3.8, 4) is 11.1 Å². The molecule has 0 aliphatic rings. The number of hydrogen-bond acceptors (Lipinski definition) is 2. The summed E-state index contributed by atoms with van der Waals surface area (Å²) in [5.74, 6) is 0. The molecule has 0 saturated carbocycles. The van der Waals surface area contributed by atoms with E-state index < -0.39 is 0 Å². The van der Waals surface area contributed by atoms with Gasteiger partial charge in [-0.15, -0.1) is 0 Å². The monoisotopic (exact) mass is 312 g/mol. The fourth-order valence-corrected chi connectivity index (χ4v) is 2.46. The molecule has 0 unspecified atom stereocenters. The summed E-state index contributed by atoms with van der Waals surface area (Å²) < 4.78 is 2.07. The highest BCUT2D eigenvalue weighted by atomic mass is 79.9. The molecule has 0 atom stereocenters. The van der Waals surface area contributed by atoms with Crippen LogP contribution in [0.25, 0.3) is 11.1 Å². The van der Waals surface area contributed by atoms with E-state index in [1.807, 2.05) is 18.2 Å². The van der Waals surface area contributed by atoms with Crippen molar-refractivity contribution >= 4 is 31.9 Å². The van der Waals surface area contributed by atoms with E-state index in [4.69, 9.17) is 0 Å². The van der Waals surface area contributed by atoms with Gasteiger partial charge >= 0.3 is 0 Å². The normalized spacial score (nSPS) is 10.1. The maximum atomic E-state index is 3.98. The first-order valence-electron chi connectivity index (χ1n) is 3.97. The molecule has 2 aromatic rings. The summed E-state index contributed by atoms with van der Waals surface area (Å²) in [6, 6.07) is 6.06. The van der Waals surface area contributed by atoms with E-state index in [0.717, 1.165) is 20.1 Å². The largest absolute Gasteiger partial charge is 0.244 e. The van der Waals surface area contributed by atoms with Gasteiger partial charge in [0.25, 0.3) is 0 Å². The van der Waals surface area contributed by atoms with Gasteiger partial charge in [-0.25, -0.2) is 9.97 Å². The zero-order valence-electron chi connectivity index (χ0n) is 7.11. The molecule has 14 heavy (non-hydrogen) atoms. The van der Waals surface area contributed by atoms with E-state index in [2.05, 4.69) is 41.8 Å². The Balaban J connectivity index is 2.52. The molecular formula is C10H6Br2N2. The molecule has 0 fully saturated rings. The van der Waals surface area contributed by atoms with Crippen molar-refractivity contribution < 1.29 is 0 Å².